The zero-order valence-electron chi connectivity index (χ0n) is 20.7. The van der Waals surface area contributed by atoms with Gasteiger partial charge in [0.25, 0.3) is 5.91 Å². The van der Waals surface area contributed by atoms with Crippen molar-refractivity contribution in [3.05, 3.63) is 59.2 Å². The first-order chi connectivity index (χ1) is 17.0. The van der Waals surface area contributed by atoms with E-state index in [1.807, 2.05) is 13.8 Å². The van der Waals surface area contributed by atoms with Crippen molar-refractivity contribution >= 4 is 17.6 Å². The van der Waals surface area contributed by atoms with Gasteiger partial charge in [0.1, 0.15) is 0 Å². The summed E-state index contributed by atoms with van der Waals surface area (Å²) in [4.78, 5) is 38.4. The van der Waals surface area contributed by atoms with Crippen molar-refractivity contribution in [2.45, 2.75) is 52.4 Å². The van der Waals surface area contributed by atoms with Crippen molar-refractivity contribution in [3.63, 3.8) is 0 Å². The van der Waals surface area contributed by atoms with Gasteiger partial charge >= 0.3 is 0 Å². The Labute approximate surface area is 207 Å². The summed E-state index contributed by atoms with van der Waals surface area (Å²) in [7, 11) is 0. The first kappa shape index (κ1) is 26.3. The number of rotatable bonds is 13. The Bertz CT molecular complexity index is 1010. The van der Waals surface area contributed by atoms with Crippen molar-refractivity contribution in [2.24, 2.45) is 5.92 Å². The molecule has 0 aliphatic heterocycles. The third-order valence-corrected chi connectivity index (χ3v) is 5.98. The maximum Gasteiger partial charge on any atom is 0.252 e. The Kier molecular flexibility index (Phi) is 10.1. The molecule has 0 saturated heterocycles. The van der Waals surface area contributed by atoms with Crippen LogP contribution in [0.15, 0.2) is 42.5 Å². The van der Waals surface area contributed by atoms with E-state index in [-0.39, 0.29) is 30.1 Å². The third kappa shape index (κ3) is 7.31. The van der Waals surface area contributed by atoms with Gasteiger partial charge in [-0.25, -0.2) is 0 Å². The second kappa shape index (κ2) is 13.5. The number of carbonyl (C=O) groups excluding carboxylic acids is 3. The van der Waals surface area contributed by atoms with Gasteiger partial charge in [0.05, 0.1) is 18.8 Å². The minimum Gasteiger partial charge on any atom is -0.490 e. The van der Waals surface area contributed by atoms with Crippen molar-refractivity contribution in [1.82, 2.24) is 10.6 Å². The van der Waals surface area contributed by atoms with Crippen LogP contribution in [0.1, 0.15) is 78.7 Å². The second-order valence-corrected chi connectivity index (χ2v) is 8.76. The topological polar surface area (TPSA) is 93.7 Å². The van der Waals surface area contributed by atoms with Crippen LogP contribution >= 0.6 is 0 Å². The molecule has 2 amide bonds. The van der Waals surface area contributed by atoms with E-state index in [1.165, 1.54) is 0 Å². The van der Waals surface area contributed by atoms with Gasteiger partial charge in [-0.3, -0.25) is 14.4 Å². The molecule has 0 radical (unpaired) electrons. The van der Waals surface area contributed by atoms with Crippen LogP contribution in [0, 0.1) is 5.92 Å². The van der Waals surface area contributed by atoms with Gasteiger partial charge < -0.3 is 20.1 Å². The Morgan fingerprint density at radius 1 is 0.829 bits per heavy atom. The van der Waals surface area contributed by atoms with Gasteiger partial charge in [0, 0.05) is 30.1 Å². The molecule has 0 aromatic heterocycles. The van der Waals surface area contributed by atoms with Crippen molar-refractivity contribution in [3.8, 4) is 11.5 Å². The summed E-state index contributed by atoms with van der Waals surface area (Å²) in [5.41, 5.74) is 1.02. The summed E-state index contributed by atoms with van der Waals surface area (Å²) in [5, 5.41) is 5.70. The molecule has 2 aromatic rings. The van der Waals surface area contributed by atoms with Gasteiger partial charge in [0.2, 0.25) is 5.91 Å². The molecule has 2 aromatic carbocycles. The summed E-state index contributed by atoms with van der Waals surface area (Å²) in [5.74, 6) is 0.644. The van der Waals surface area contributed by atoms with E-state index in [1.54, 1.807) is 42.5 Å². The molecule has 0 bridgehead atoms. The lowest BCUT2D eigenvalue weighted by Crippen LogP contribution is -2.37. The standard InChI is InChI=1S/C28H36N2O5/c1-3-17-34-24-14-13-21(19-25(24)35-18-4-2)26(31)22-11-7-8-12-23(22)28(33)30-16-15-29-27(32)20-9-5-6-10-20/h7-8,11-14,19-20H,3-6,9-10,15-18H2,1-2H3,(H,29,32)(H,30,33). The van der Waals surface area contributed by atoms with Crippen molar-refractivity contribution in [2.75, 3.05) is 26.3 Å². The number of carbonyl (C=O) groups is 3. The molecule has 1 aliphatic carbocycles. The van der Waals surface area contributed by atoms with Gasteiger partial charge in [-0.1, -0.05) is 44.9 Å². The molecule has 2 N–H and O–H groups in total. The highest BCUT2D eigenvalue weighted by molar-refractivity contribution is 6.15. The summed E-state index contributed by atoms with van der Waals surface area (Å²) in [6, 6.07) is 11.9. The largest absolute Gasteiger partial charge is 0.490 e. The lowest BCUT2D eigenvalue weighted by atomic mass is 9.97. The number of hydrogen-bond acceptors (Lipinski definition) is 5. The lowest BCUT2D eigenvalue weighted by Gasteiger charge is -2.14. The highest BCUT2D eigenvalue weighted by atomic mass is 16.5. The molecule has 0 spiro atoms. The molecule has 3 rings (SSSR count). The number of ketones is 1. The number of nitrogens with one attached hydrogen (secondary N) is 2. The van der Waals surface area contributed by atoms with Gasteiger partial charge in [-0.05, 0) is 49.9 Å². The average Bonchev–Trinajstić information content (AvgIpc) is 3.43. The van der Waals surface area contributed by atoms with Crippen LogP contribution in [0.2, 0.25) is 0 Å². The summed E-state index contributed by atoms with van der Waals surface area (Å²) >= 11 is 0. The fourth-order valence-corrected chi connectivity index (χ4v) is 4.13. The molecule has 7 heteroatoms. The molecule has 0 heterocycles. The molecule has 1 fully saturated rings. The van der Waals surface area contributed by atoms with E-state index in [2.05, 4.69) is 10.6 Å². The first-order valence-corrected chi connectivity index (χ1v) is 12.6. The Balaban J connectivity index is 1.67. The SMILES string of the molecule is CCCOc1ccc(C(=O)c2ccccc2C(=O)NCCNC(=O)C2CCCC2)cc1OCCC. The van der Waals surface area contributed by atoms with Crippen LogP contribution < -0.4 is 20.1 Å². The smallest absolute Gasteiger partial charge is 0.252 e. The Morgan fingerprint density at radius 3 is 2.14 bits per heavy atom. The zero-order valence-corrected chi connectivity index (χ0v) is 20.7. The number of amides is 2. The molecular formula is C28H36N2O5. The highest BCUT2D eigenvalue weighted by Gasteiger charge is 2.22. The monoisotopic (exact) mass is 480 g/mol. The predicted octanol–water partition coefficient (Wildman–Crippen LogP) is 4.53. The van der Waals surface area contributed by atoms with Crippen LogP contribution in [-0.4, -0.2) is 43.9 Å². The molecule has 188 valence electrons. The molecule has 0 atom stereocenters. The number of hydrogen-bond donors (Lipinski definition) is 2. The van der Waals surface area contributed by atoms with E-state index in [0.29, 0.717) is 47.9 Å². The lowest BCUT2D eigenvalue weighted by molar-refractivity contribution is -0.124. The first-order valence-electron chi connectivity index (χ1n) is 12.6. The normalized spacial score (nSPS) is 13.3. The molecular weight excluding hydrogens is 444 g/mol. The van der Waals surface area contributed by atoms with E-state index in [0.717, 1.165) is 38.5 Å². The van der Waals surface area contributed by atoms with Crippen LogP contribution in [0.3, 0.4) is 0 Å². The fraction of sp³-hybridized carbons (Fsp3) is 0.464. The molecule has 35 heavy (non-hydrogen) atoms. The van der Waals surface area contributed by atoms with Gasteiger partial charge in [0.15, 0.2) is 17.3 Å². The molecule has 0 unspecified atom stereocenters. The van der Waals surface area contributed by atoms with Crippen LogP contribution in [0.25, 0.3) is 0 Å². The van der Waals surface area contributed by atoms with Gasteiger partial charge in [-0.2, -0.15) is 0 Å². The van der Waals surface area contributed by atoms with Crippen LogP contribution in [0.4, 0.5) is 0 Å². The quantitative estimate of drug-likeness (QED) is 0.325. The predicted molar refractivity (Wildman–Crippen MR) is 135 cm³/mol. The Hall–Kier alpha value is -3.35. The molecule has 1 saturated carbocycles. The van der Waals surface area contributed by atoms with Gasteiger partial charge in [-0.15, -0.1) is 0 Å². The average molecular weight is 481 g/mol. The van der Waals surface area contributed by atoms with Crippen LogP contribution in [0.5, 0.6) is 11.5 Å². The summed E-state index contributed by atoms with van der Waals surface area (Å²) in [6.07, 6.45) is 5.76. The van der Waals surface area contributed by atoms with Crippen molar-refractivity contribution in [1.29, 1.82) is 0 Å². The molecule has 1 aliphatic rings. The maximum absolute atomic E-state index is 13.4. The maximum atomic E-state index is 13.4. The minimum absolute atomic E-state index is 0.0554. The van der Waals surface area contributed by atoms with Crippen LogP contribution in [-0.2, 0) is 4.79 Å². The summed E-state index contributed by atoms with van der Waals surface area (Å²) in [6.45, 7) is 5.75. The van der Waals surface area contributed by atoms with E-state index in [4.69, 9.17) is 9.47 Å². The third-order valence-electron chi connectivity index (χ3n) is 5.98. The zero-order chi connectivity index (χ0) is 25.0. The number of benzene rings is 2. The number of ether oxygens (including phenoxy) is 2. The Morgan fingerprint density at radius 2 is 1.46 bits per heavy atom. The van der Waals surface area contributed by atoms with Crippen molar-refractivity contribution < 1.29 is 23.9 Å². The fourth-order valence-electron chi connectivity index (χ4n) is 4.13. The summed E-state index contributed by atoms with van der Waals surface area (Å²) < 4.78 is 11.6. The second-order valence-electron chi connectivity index (χ2n) is 8.76. The minimum atomic E-state index is -0.352. The van der Waals surface area contributed by atoms with E-state index < -0.39 is 0 Å². The highest BCUT2D eigenvalue weighted by Crippen LogP contribution is 2.30. The van der Waals surface area contributed by atoms with E-state index in [9.17, 15) is 14.4 Å². The van der Waals surface area contributed by atoms with E-state index >= 15 is 0 Å². The molecule has 7 nitrogen and oxygen atoms in total.